The van der Waals surface area contributed by atoms with Gasteiger partial charge in [0.05, 0.1) is 5.92 Å². The zero-order valence-electron chi connectivity index (χ0n) is 6.96. The van der Waals surface area contributed by atoms with Gasteiger partial charge in [0.2, 0.25) is 0 Å². The molecule has 1 N–H and O–H groups in total. The fourth-order valence-electron chi connectivity index (χ4n) is 1.78. The minimum absolute atomic E-state index is 0.228. The van der Waals surface area contributed by atoms with Crippen LogP contribution in [0, 0.1) is 5.92 Å². The van der Waals surface area contributed by atoms with Crippen molar-refractivity contribution >= 4 is 21.9 Å². The first-order valence-corrected chi connectivity index (χ1v) is 4.97. The van der Waals surface area contributed by atoms with E-state index in [1.54, 1.807) is 0 Å². The van der Waals surface area contributed by atoms with Crippen molar-refractivity contribution in [2.75, 3.05) is 0 Å². The monoisotopic (exact) mass is 240 g/mol. The lowest BCUT2D eigenvalue weighted by atomic mass is 10.1. The summed E-state index contributed by atoms with van der Waals surface area (Å²) in [6.45, 7) is 0. The number of carbonyl (C=O) groups is 1. The van der Waals surface area contributed by atoms with Gasteiger partial charge < -0.3 is 5.11 Å². The molecule has 0 amide bonds. The summed E-state index contributed by atoms with van der Waals surface area (Å²) in [5, 5.41) is 8.86. The van der Waals surface area contributed by atoms with Crippen molar-refractivity contribution in [1.82, 2.24) is 0 Å². The van der Waals surface area contributed by atoms with Crippen molar-refractivity contribution in [1.29, 1.82) is 0 Å². The van der Waals surface area contributed by atoms with E-state index in [-0.39, 0.29) is 5.92 Å². The van der Waals surface area contributed by atoms with Gasteiger partial charge >= 0.3 is 5.97 Å². The van der Waals surface area contributed by atoms with Gasteiger partial charge in [-0.05, 0) is 30.0 Å². The van der Waals surface area contributed by atoms with Crippen LogP contribution in [-0.2, 0) is 17.6 Å². The number of rotatable bonds is 1. The first-order valence-electron chi connectivity index (χ1n) is 4.17. The summed E-state index contributed by atoms with van der Waals surface area (Å²) in [7, 11) is 0. The zero-order chi connectivity index (χ0) is 9.42. The highest BCUT2D eigenvalue weighted by molar-refractivity contribution is 9.10. The third-order valence-corrected chi connectivity index (χ3v) is 3.22. The summed E-state index contributed by atoms with van der Waals surface area (Å²) in [5.41, 5.74) is 2.33. The number of carboxylic acids is 1. The predicted octanol–water partition coefficient (Wildman–Crippen LogP) is 2.25. The maximum atomic E-state index is 10.8. The molecule has 2 nitrogen and oxygen atoms in total. The summed E-state index contributed by atoms with van der Waals surface area (Å²) in [6.07, 6.45) is 1.33. The van der Waals surface area contributed by atoms with Crippen LogP contribution in [0.1, 0.15) is 11.1 Å². The Kier molecular flexibility index (Phi) is 2.12. The van der Waals surface area contributed by atoms with Crippen molar-refractivity contribution in [3.05, 3.63) is 33.8 Å². The molecule has 1 atom stereocenters. The van der Waals surface area contributed by atoms with E-state index in [1.807, 2.05) is 18.2 Å². The van der Waals surface area contributed by atoms with Gasteiger partial charge in [-0.3, -0.25) is 4.79 Å². The number of hydrogen-bond acceptors (Lipinski definition) is 1. The van der Waals surface area contributed by atoms with E-state index in [0.29, 0.717) is 12.8 Å². The Bertz CT molecular complexity index is 360. The van der Waals surface area contributed by atoms with Crippen LogP contribution in [0.3, 0.4) is 0 Å². The van der Waals surface area contributed by atoms with E-state index in [2.05, 4.69) is 15.9 Å². The topological polar surface area (TPSA) is 37.3 Å². The Labute approximate surface area is 84.7 Å². The van der Waals surface area contributed by atoms with E-state index in [1.165, 1.54) is 5.56 Å². The van der Waals surface area contributed by atoms with E-state index in [0.717, 1.165) is 10.0 Å². The number of halogens is 1. The highest BCUT2D eigenvalue weighted by Gasteiger charge is 2.27. The second-order valence-electron chi connectivity index (χ2n) is 3.32. The second-order valence-corrected chi connectivity index (χ2v) is 4.18. The lowest BCUT2D eigenvalue weighted by Crippen LogP contribution is -2.12. The lowest BCUT2D eigenvalue weighted by molar-refractivity contribution is -0.141. The highest BCUT2D eigenvalue weighted by atomic mass is 79.9. The van der Waals surface area contributed by atoms with Crippen molar-refractivity contribution in [3.63, 3.8) is 0 Å². The van der Waals surface area contributed by atoms with Crippen LogP contribution in [0.5, 0.6) is 0 Å². The maximum Gasteiger partial charge on any atom is 0.307 e. The Morgan fingerprint density at radius 1 is 1.46 bits per heavy atom. The molecule has 1 aliphatic rings. The molecular weight excluding hydrogens is 232 g/mol. The Morgan fingerprint density at radius 2 is 2.23 bits per heavy atom. The third-order valence-electron chi connectivity index (χ3n) is 2.48. The summed E-state index contributed by atoms with van der Waals surface area (Å²) >= 11 is 3.43. The number of carboxylic acid groups (broad SMARTS) is 1. The van der Waals surface area contributed by atoms with Crippen LogP contribution >= 0.6 is 15.9 Å². The third kappa shape index (κ3) is 1.48. The Hall–Kier alpha value is -0.830. The largest absolute Gasteiger partial charge is 0.481 e. The minimum Gasteiger partial charge on any atom is -0.481 e. The molecule has 3 heteroatoms. The van der Waals surface area contributed by atoms with Crippen LogP contribution in [0.15, 0.2) is 22.7 Å². The molecule has 1 aliphatic carbocycles. The molecule has 0 aliphatic heterocycles. The van der Waals surface area contributed by atoms with Gasteiger partial charge in [-0.25, -0.2) is 0 Å². The SMILES string of the molecule is O=C(O)[C@@H]1Cc2cccc(Br)c2C1. The molecule has 0 radical (unpaired) electrons. The van der Waals surface area contributed by atoms with Crippen molar-refractivity contribution in [2.24, 2.45) is 5.92 Å². The van der Waals surface area contributed by atoms with Crippen LogP contribution < -0.4 is 0 Å². The fraction of sp³-hybridized carbons (Fsp3) is 0.300. The number of fused-ring (bicyclic) bond motifs is 1. The lowest BCUT2D eigenvalue weighted by Gasteiger charge is -2.00. The van der Waals surface area contributed by atoms with Crippen molar-refractivity contribution in [2.45, 2.75) is 12.8 Å². The molecule has 2 rings (SSSR count). The van der Waals surface area contributed by atoms with Gasteiger partial charge in [0.25, 0.3) is 0 Å². The smallest absolute Gasteiger partial charge is 0.307 e. The summed E-state index contributed by atoms with van der Waals surface area (Å²) in [6, 6.07) is 5.92. The Balaban J connectivity index is 2.35. The van der Waals surface area contributed by atoms with Gasteiger partial charge in [-0.2, -0.15) is 0 Å². The van der Waals surface area contributed by atoms with Gasteiger partial charge in [-0.15, -0.1) is 0 Å². The van der Waals surface area contributed by atoms with Gasteiger partial charge in [0.15, 0.2) is 0 Å². The van der Waals surface area contributed by atoms with Crippen LogP contribution in [0.4, 0.5) is 0 Å². The second kappa shape index (κ2) is 3.14. The standard InChI is InChI=1S/C10H9BrO2/c11-9-3-1-2-6-4-7(10(12)13)5-8(6)9/h1-3,7H,4-5H2,(H,12,13)/t7-/m1/s1. The van der Waals surface area contributed by atoms with Crippen LogP contribution in [-0.4, -0.2) is 11.1 Å². The summed E-state index contributed by atoms with van der Waals surface area (Å²) < 4.78 is 1.04. The fourth-order valence-corrected chi connectivity index (χ4v) is 2.35. The molecule has 0 fully saturated rings. The van der Waals surface area contributed by atoms with Crippen molar-refractivity contribution < 1.29 is 9.90 Å². The summed E-state index contributed by atoms with van der Waals surface area (Å²) in [5.74, 6) is -0.920. The van der Waals surface area contributed by atoms with Gasteiger partial charge in [0, 0.05) is 4.47 Å². The zero-order valence-corrected chi connectivity index (χ0v) is 8.54. The van der Waals surface area contributed by atoms with E-state index < -0.39 is 5.97 Å². The highest BCUT2D eigenvalue weighted by Crippen LogP contribution is 2.32. The molecule has 13 heavy (non-hydrogen) atoms. The van der Waals surface area contributed by atoms with E-state index in [4.69, 9.17) is 5.11 Å². The molecule has 0 spiro atoms. The maximum absolute atomic E-state index is 10.8. The molecule has 0 aromatic heterocycles. The first-order chi connectivity index (χ1) is 6.18. The van der Waals surface area contributed by atoms with E-state index in [9.17, 15) is 4.79 Å². The molecule has 0 heterocycles. The van der Waals surface area contributed by atoms with Crippen LogP contribution in [0.25, 0.3) is 0 Å². The van der Waals surface area contributed by atoms with Gasteiger partial charge in [0.1, 0.15) is 0 Å². The van der Waals surface area contributed by atoms with E-state index >= 15 is 0 Å². The number of benzene rings is 1. The first kappa shape index (κ1) is 8.75. The normalized spacial score (nSPS) is 19.9. The molecular formula is C10H9BrO2. The molecule has 0 saturated carbocycles. The number of hydrogen-bond donors (Lipinski definition) is 1. The summed E-state index contributed by atoms with van der Waals surface area (Å²) in [4.78, 5) is 10.8. The molecule has 0 saturated heterocycles. The molecule has 1 aromatic rings. The van der Waals surface area contributed by atoms with Gasteiger partial charge in [-0.1, -0.05) is 28.1 Å². The predicted molar refractivity (Wildman–Crippen MR) is 52.7 cm³/mol. The Morgan fingerprint density at radius 3 is 2.85 bits per heavy atom. The minimum atomic E-state index is -0.692. The molecule has 0 bridgehead atoms. The molecule has 68 valence electrons. The van der Waals surface area contributed by atoms with Crippen molar-refractivity contribution in [3.8, 4) is 0 Å². The van der Waals surface area contributed by atoms with Crippen LogP contribution in [0.2, 0.25) is 0 Å². The number of aliphatic carboxylic acids is 1. The molecule has 1 aromatic carbocycles. The quantitative estimate of drug-likeness (QED) is 0.818. The average Bonchev–Trinajstić information content (AvgIpc) is 2.49. The average molecular weight is 241 g/mol. The molecule has 0 unspecified atom stereocenters.